The molecule has 0 bridgehead atoms. The highest BCUT2D eigenvalue weighted by molar-refractivity contribution is 5.25. The smallest absolute Gasteiger partial charge is 0.393 e. The summed E-state index contributed by atoms with van der Waals surface area (Å²) in [6.07, 6.45) is -30.0. The minimum Gasteiger partial charge on any atom is -0.393 e. The maximum atomic E-state index is 12.9. The number of hydrogen-bond donors (Lipinski definition) is 1. The van der Waals surface area contributed by atoms with Crippen LogP contribution in [0.5, 0.6) is 0 Å². The lowest BCUT2D eigenvalue weighted by Gasteiger charge is -2.37. The average Bonchev–Trinajstić information content (AvgIpc) is 2.97. The molecule has 158 valence electrons. The second-order valence-corrected chi connectivity index (χ2v) is 5.39. The van der Waals surface area contributed by atoms with E-state index in [2.05, 4.69) is 14.2 Å². The van der Waals surface area contributed by atoms with E-state index in [-0.39, 0.29) is 0 Å². The van der Waals surface area contributed by atoms with Gasteiger partial charge in [-0.1, -0.05) is 0 Å². The lowest BCUT2D eigenvalue weighted by molar-refractivity contribution is -0.465. The van der Waals surface area contributed by atoms with Crippen molar-refractivity contribution in [2.24, 2.45) is 0 Å². The molecule has 1 saturated heterocycles. The normalized spacial score (nSPS) is 31.1. The SMILES string of the molecule is OCC1OC(C(F)(F)F)(C(F)(F)F)OC12C=CC(C(F)(F)F)(C(F)(F)F)O2. The van der Waals surface area contributed by atoms with Crippen molar-refractivity contribution in [2.45, 2.75) is 48.0 Å². The van der Waals surface area contributed by atoms with Crippen molar-refractivity contribution in [1.82, 2.24) is 0 Å². The van der Waals surface area contributed by atoms with Crippen molar-refractivity contribution >= 4 is 0 Å². The minimum absolute atomic E-state index is 0.450. The fourth-order valence-electron chi connectivity index (χ4n) is 2.42. The van der Waals surface area contributed by atoms with E-state index in [0.29, 0.717) is 0 Å². The van der Waals surface area contributed by atoms with E-state index in [0.717, 1.165) is 0 Å². The van der Waals surface area contributed by atoms with Gasteiger partial charge in [-0.15, -0.1) is 0 Å². The van der Waals surface area contributed by atoms with Gasteiger partial charge in [-0.05, 0) is 12.2 Å². The van der Waals surface area contributed by atoms with Crippen molar-refractivity contribution in [2.75, 3.05) is 6.61 Å². The lowest BCUT2D eigenvalue weighted by atomic mass is 10.0. The van der Waals surface area contributed by atoms with E-state index in [4.69, 9.17) is 5.11 Å². The molecule has 1 fully saturated rings. The van der Waals surface area contributed by atoms with Gasteiger partial charge in [0.15, 0.2) is 0 Å². The Morgan fingerprint density at radius 2 is 1.15 bits per heavy atom. The molecule has 0 amide bonds. The summed E-state index contributed by atoms with van der Waals surface area (Å²) in [5.74, 6) is -9.62. The number of ether oxygens (including phenoxy) is 3. The number of halogens is 12. The van der Waals surface area contributed by atoms with Crippen molar-refractivity contribution < 1.29 is 72.0 Å². The highest BCUT2D eigenvalue weighted by Crippen LogP contribution is 2.60. The number of rotatable bonds is 1. The third-order valence-electron chi connectivity index (χ3n) is 3.69. The highest BCUT2D eigenvalue weighted by Gasteiger charge is 2.85. The Balaban J connectivity index is 2.61. The maximum absolute atomic E-state index is 12.9. The fraction of sp³-hybridized carbons (Fsp3) is 0.818. The summed E-state index contributed by atoms with van der Waals surface area (Å²) in [4.78, 5) is 0. The Kier molecular flexibility index (Phi) is 4.60. The molecule has 2 rings (SSSR count). The van der Waals surface area contributed by atoms with Gasteiger partial charge in [0, 0.05) is 0 Å². The van der Waals surface area contributed by atoms with Crippen molar-refractivity contribution in [3.63, 3.8) is 0 Å². The van der Waals surface area contributed by atoms with E-state index in [1.165, 1.54) is 0 Å². The summed E-state index contributed by atoms with van der Waals surface area (Å²) in [5, 5.41) is 8.92. The number of aliphatic hydroxyl groups is 1. The van der Waals surface area contributed by atoms with E-state index in [9.17, 15) is 52.7 Å². The zero-order valence-electron chi connectivity index (χ0n) is 12.1. The minimum atomic E-state index is -6.50. The molecular weight excluding hydrogens is 424 g/mol. The van der Waals surface area contributed by atoms with Gasteiger partial charge >= 0.3 is 30.5 Å². The molecular formula is C11H6F12O4. The standard InChI is InChI=1S/C11H6F12O4/c12-8(13,14)6(9(15,16)17)2-1-5(26-6)4(3-24)25-7(27-5,10(18,19)20)11(21,22)23/h1-2,4,24H,3H2. The summed E-state index contributed by atoms with van der Waals surface area (Å²) in [7, 11) is 0. The van der Waals surface area contributed by atoms with Gasteiger partial charge in [0.05, 0.1) is 6.61 Å². The molecule has 16 heteroatoms. The largest absolute Gasteiger partial charge is 0.453 e. The monoisotopic (exact) mass is 430 g/mol. The fourth-order valence-corrected chi connectivity index (χ4v) is 2.42. The van der Waals surface area contributed by atoms with E-state index in [1.54, 1.807) is 0 Å². The third kappa shape index (κ3) is 2.87. The van der Waals surface area contributed by atoms with Gasteiger partial charge < -0.3 is 14.6 Å². The molecule has 4 nitrogen and oxygen atoms in total. The second-order valence-electron chi connectivity index (χ2n) is 5.39. The summed E-state index contributed by atoms with van der Waals surface area (Å²) >= 11 is 0. The Labute approximate surface area is 140 Å². The van der Waals surface area contributed by atoms with Crippen LogP contribution >= 0.6 is 0 Å². The highest BCUT2D eigenvalue weighted by atomic mass is 19.4. The predicted molar refractivity (Wildman–Crippen MR) is 55.7 cm³/mol. The first-order chi connectivity index (χ1) is 11.8. The molecule has 0 aromatic rings. The number of hydrogen-bond acceptors (Lipinski definition) is 4. The summed E-state index contributed by atoms with van der Waals surface area (Å²) in [6.45, 7) is -1.90. The van der Waals surface area contributed by atoms with E-state index < -0.39 is 66.7 Å². The Hall–Kier alpha value is -1.26. The first-order valence-electron chi connectivity index (χ1n) is 6.45. The quantitative estimate of drug-likeness (QED) is 0.512. The molecule has 0 aliphatic carbocycles. The molecule has 0 radical (unpaired) electrons. The van der Waals surface area contributed by atoms with Crippen LogP contribution in [0, 0.1) is 0 Å². The first-order valence-corrected chi connectivity index (χ1v) is 6.45. The molecule has 1 N–H and O–H groups in total. The molecule has 2 aliphatic heterocycles. The summed E-state index contributed by atoms with van der Waals surface area (Å²) in [5.41, 5.74) is -5.29. The lowest BCUT2D eigenvalue weighted by Crippen LogP contribution is -2.61. The number of aliphatic hydroxyl groups excluding tert-OH is 1. The zero-order valence-corrected chi connectivity index (χ0v) is 12.1. The molecule has 2 aliphatic rings. The van der Waals surface area contributed by atoms with Crippen LogP contribution in [0.2, 0.25) is 0 Å². The van der Waals surface area contributed by atoms with Gasteiger partial charge in [0.25, 0.3) is 5.60 Å². The molecule has 2 heterocycles. The van der Waals surface area contributed by atoms with Crippen LogP contribution in [0.25, 0.3) is 0 Å². The molecule has 1 spiro atoms. The van der Waals surface area contributed by atoms with Crippen LogP contribution < -0.4 is 0 Å². The van der Waals surface area contributed by atoms with Crippen LogP contribution in [0.4, 0.5) is 52.7 Å². The van der Waals surface area contributed by atoms with Crippen LogP contribution in [-0.4, -0.2) is 59.7 Å². The number of alkyl halides is 12. The third-order valence-corrected chi connectivity index (χ3v) is 3.69. The van der Waals surface area contributed by atoms with E-state index >= 15 is 0 Å². The second kappa shape index (κ2) is 5.64. The molecule has 0 aromatic carbocycles. The Bertz CT molecular complexity index is 587. The maximum Gasteiger partial charge on any atom is 0.453 e. The van der Waals surface area contributed by atoms with Crippen LogP contribution in [0.1, 0.15) is 0 Å². The first kappa shape index (κ1) is 22.0. The van der Waals surface area contributed by atoms with Crippen molar-refractivity contribution in [1.29, 1.82) is 0 Å². The van der Waals surface area contributed by atoms with Gasteiger partial charge in [-0.2, -0.15) is 52.7 Å². The Morgan fingerprint density at radius 1 is 0.704 bits per heavy atom. The van der Waals surface area contributed by atoms with Crippen LogP contribution in [0.3, 0.4) is 0 Å². The Morgan fingerprint density at radius 3 is 1.44 bits per heavy atom. The van der Waals surface area contributed by atoms with Crippen LogP contribution in [0.15, 0.2) is 12.2 Å². The molecule has 2 unspecified atom stereocenters. The van der Waals surface area contributed by atoms with E-state index in [1.807, 2.05) is 0 Å². The average molecular weight is 430 g/mol. The van der Waals surface area contributed by atoms with Gasteiger partial charge in [0.1, 0.15) is 6.10 Å². The molecule has 0 saturated carbocycles. The predicted octanol–water partition coefficient (Wildman–Crippen LogP) is 3.36. The van der Waals surface area contributed by atoms with Gasteiger partial charge in [0.2, 0.25) is 5.79 Å². The topological polar surface area (TPSA) is 47.9 Å². The summed E-state index contributed by atoms with van der Waals surface area (Å²) in [6, 6.07) is 0. The van der Waals surface area contributed by atoms with Crippen molar-refractivity contribution in [3.8, 4) is 0 Å². The van der Waals surface area contributed by atoms with Gasteiger partial charge in [-0.3, -0.25) is 4.74 Å². The summed E-state index contributed by atoms with van der Waals surface area (Å²) < 4.78 is 166. The zero-order chi connectivity index (χ0) is 21.3. The van der Waals surface area contributed by atoms with Crippen LogP contribution in [-0.2, 0) is 14.2 Å². The molecule has 0 aromatic heterocycles. The van der Waals surface area contributed by atoms with Gasteiger partial charge in [-0.25, -0.2) is 0 Å². The molecule has 2 atom stereocenters. The molecule has 27 heavy (non-hydrogen) atoms. The van der Waals surface area contributed by atoms with Crippen molar-refractivity contribution in [3.05, 3.63) is 12.2 Å².